The van der Waals surface area contributed by atoms with Gasteiger partial charge >= 0.3 is 0 Å². The molecule has 0 fully saturated rings. The van der Waals surface area contributed by atoms with Crippen LogP contribution in [0.5, 0.6) is 0 Å². The van der Waals surface area contributed by atoms with Crippen LogP contribution in [0.4, 0.5) is 0 Å². The summed E-state index contributed by atoms with van der Waals surface area (Å²) in [7, 11) is 0. The van der Waals surface area contributed by atoms with Crippen molar-refractivity contribution in [3.05, 3.63) is 53.6 Å². The zero-order valence-electron chi connectivity index (χ0n) is 8.41. The van der Waals surface area contributed by atoms with Crippen molar-refractivity contribution in [3.8, 4) is 11.1 Å². The van der Waals surface area contributed by atoms with Gasteiger partial charge in [-0.1, -0.05) is 35.9 Å². The Hall–Kier alpha value is -0.920. The first-order chi connectivity index (χ1) is 7.29. The topological polar surface area (TPSA) is 0 Å². The SMILES string of the molecule is CSc1ccc(-c2cccc(Cl)c2)cc1. The Morgan fingerprint density at radius 2 is 1.67 bits per heavy atom. The Labute approximate surface area is 99.3 Å². The van der Waals surface area contributed by atoms with E-state index in [-0.39, 0.29) is 0 Å². The maximum Gasteiger partial charge on any atom is 0.0412 e. The fraction of sp³-hybridized carbons (Fsp3) is 0.0769. The molecule has 0 heterocycles. The van der Waals surface area contributed by atoms with Crippen molar-refractivity contribution >= 4 is 23.4 Å². The molecule has 0 saturated carbocycles. The Bertz CT molecular complexity index is 448. The monoisotopic (exact) mass is 234 g/mol. The number of rotatable bonds is 2. The lowest BCUT2D eigenvalue weighted by atomic mass is 10.1. The molecule has 2 aromatic rings. The second-order valence-corrected chi connectivity index (χ2v) is 4.55. The highest BCUT2D eigenvalue weighted by Crippen LogP contribution is 2.24. The van der Waals surface area contributed by atoms with E-state index < -0.39 is 0 Å². The maximum atomic E-state index is 5.95. The van der Waals surface area contributed by atoms with E-state index in [1.54, 1.807) is 11.8 Å². The minimum Gasteiger partial charge on any atom is -0.130 e. The molecule has 2 aromatic carbocycles. The van der Waals surface area contributed by atoms with E-state index in [0.717, 1.165) is 10.6 Å². The first-order valence-corrected chi connectivity index (χ1v) is 6.30. The van der Waals surface area contributed by atoms with Crippen LogP contribution in [0.3, 0.4) is 0 Å². The fourth-order valence-corrected chi connectivity index (χ4v) is 2.05. The van der Waals surface area contributed by atoms with Crippen LogP contribution in [0.1, 0.15) is 0 Å². The molecule has 2 heteroatoms. The first kappa shape index (κ1) is 10.6. The van der Waals surface area contributed by atoms with Crippen LogP contribution in [-0.4, -0.2) is 6.26 Å². The van der Waals surface area contributed by atoms with E-state index in [4.69, 9.17) is 11.6 Å². The Morgan fingerprint density at radius 1 is 0.933 bits per heavy atom. The molecule has 0 N–H and O–H groups in total. The van der Waals surface area contributed by atoms with E-state index in [1.807, 2.05) is 18.2 Å². The van der Waals surface area contributed by atoms with Gasteiger partial charge in [0, 0.05) is 9.92 Å². The average Bonchev–Trinajstić information content (AvgIpc) is 2.29. The largest absolute Gasteiger partial charge is 0.130 e. The molecule has 0 spiro atoms. The van der Waals surface area contributed by atoms with E-state index in [0.29, 0.717) is 0 Å². The van der Waals surface area contributed by atoms with Crippen molar-refractivity contribution in [2.45, 2.75) is 4.90 Å². The molecular weight excluding hydrogens is 224 g/mol. The van der Waals surface area contributed by atoms with Gasteiger partial charge < -0.3 is 0 Å². The lowest BCUT2D eigenvalue weighted by Crippen LogP contribution is -1.77. The Kier molecular flexibility index (Phi) is 3.34. The summed E-state index contributed by atoms with van der Waals surface area (Å²) in [6.07, 6.45) is 2.08. The third-order valence-electron chi connectivity index (χ3n) is 2.25. The lowest BCUT2D eigenvalue weighted by Gasteiger charge is -2.03. The average molecular weight is 235 g/mol. The van der Waals surface area contributed by atoms with Gasteiger partial charge in [0.15, 0.2) is 0 Å². The molecule has 0 nitrogen and oxygen atoms in total. The van der Waals surface area contributed by atoms with Gasteiger partial charge in [0.05, 0.1) is 0 Å². The second-order valence-electron chi connectivity index (χ2n) is 3.24. The molecule has 2 rings (SSSR count). The molecule has 15 heavy (non-hydrogen) atoms. The van der Waals surface area contributed by atoms with Crippen LogP contribution in [0.25, 0.3) is 11.1 Å². The van der Waals surface area contributed by atoms with E-state index >= 15 is 0 Å². The zero-order chi connectivity index (χ0) is 10.7. The zero-order valence-corrected chi connectivity index (χ0v) is 9.98. The molecular formula is C13H11ClS. The van der Waals surface area contributed by atoms with Crippen molar-refractivity contribution in [1.29, 1.82) is 0 Å². The van der Waals surface area contributed by atoms with Crippen LogP contribution in [-0.2, 0) is 0 Å². The van der Waals surface area contributed by atoms with E-state index in [1.165, 1.54) is 10.5 Å². The predicted molar refractivity (Wildman–Crippen MR) is 68.7 cm³/mol. The summed E-state index contributed by atoms with van der Waals surface area (Å²) in [5.74, 6) is 0. The van der Waals surface area contributed by atoms with Crippen molar-refractivity contribution in [2.24, 2.45) is 0 Å². The highest BCUT2D eigenvalue weighted by atomic mass is 35.5. The lowest BCUT2D eigenvalue weighted by molar-refractivity contribution is 1.46. The van der Waals surface area contributed by atoms with Crippen LogP contribution in [0, 0.1) is 0 Å². The second kappa shape index (κ2) is 4.73. The van der Waals surface area contributed by atoms with Crippen LogP contribution in [0.2, 0.25) is 5.02 Å². The molecule has 0 amide bonds. The fourth-order valence-electron chi connectivity index (χ4n) is 1.45. The summed E-state index contributed by atoms with van der Waals surface area (Å²) < 4.78 is 0. The third kappa shape index (κ3) is 2.55. The highest BCUT2D eigenvalue weighted by Gasteiger charge is 1.98. The quantitative estimate of drug-likeness (QED) is 0.677. The minimum atomic E-state index is 0.779. The standard InChI is InChI=1S/C13H11ClS/c1-15-13-7-5-10(6-8-13)11-3-2-4-12(14)9-11/h2-9H,1H3. The Morgan fingerprint density at radius 3 is 2.27 bits per heavy atom. The van der Waals surface area contributed by atoms with Crippen LogP contribution < -0.4 is 0 Å². The van der Waals surface area contributed by atoms with Crippen LogP contribution >= 0.6 is 23.4 Å². The summed E-state index contributed by atoms with van der Waals surface area (Å²) in [6.45, 7) is 0. The summed E-state index contributed by atoms with van der Waals surface area (Å²) in [5.41, 5.74) is 2.37. The van der Waals surface area contributed by atoms with Crippen molar-refractivity contribution in [1.82, 2.24) is 0 Å². The molecule has 0 bridgehead atoms. The number of hydrogen-bond donors (Lipinski definition) is 0. The maximum absolute atomic E-state index is 5.95. The van der Waals surface area contributed by atoms with Crippen molar-refractivity contribution < 1.29 is 0 Å². The van der Waals surface area contributed by atoms with Gasteiger partial charge in [-0.05, 0) is 41.6 Å². The molecule has 76 valence electrons. The summed E-state index contributed by atoms with van der Waals surface area (Å²) in [5, 5.41) is 0.779. The first-order valence-electron chi connectivity index (χ1n) is 4.69. The Balaban J connectivity index is 2.37. The highest BCUT2D eigenvalue weighted by molar-refractivity contribution is 7.98. The number of hydrogen-bond acceptors (Lipinski definition) is 1. The van der Waals surface area contributed by atoms with Crippen molar-refractivity contribution in [3.63, 3.8) is 0 Å². The molecule has 0 aliphatic carbocycles. The molecule has 0 aliphatic rings. The minimum absolute atomic E-state index is 0.779. The van der Waals surface area contributed by atoms with Gasteiger partial charge in [-0.25, -0.2) is 0 Å². The number of benzene rings is 2. The molecule has 0 aliphatic heterocycles. The third-order valence-corrected chi connectivity index (χ3v) is 3.23. The molecule has 0 unspecified atom stereocenters. The van der Waals surface area contributed by atoms with Crippen LogP contribution in [0.15, 0.2) is 53.4 Å². The molecule has 0 radical (unpaired) electrons. The number of thioether (sulfide) groups is 1. The van der Waals surface area contributed by atoms with Gasteiger partial charge in [0.25, 0.3) is 0 Å². The van der Waals surface area contributed by atoms with Gasteiger partial charge in [-0.15, -0.1) is 11.8 Å². The molecule has 0 saturated heterocycles. The van der Waals surface area contributed by atoms with Gasteiger partial charge in [0.1, 0.15) is 0 Å². The smallest absolute Gasteiger partial charge is 0.0412 e. The summed E-state index contributed by atoms with van der Waals surface area (Å²) >= 11 is 7.70. The van der Waals surface area contributed by atoms with E-state index in [2.05, 4.69) is 36.6 Å². The summed E-state index contributed by atoms with van der Waals surface area (Å²) in [4.78, 5) is 1.28. The molecule has 0 aromatic heterocycles. The molecule has 0 atom stereocenters. The normalized spacial score (nSPS) is 10.3. The van der Waals surface area contributed by atoms with Gasteiger partial charge in [-0.2, -0.15) is 0 Å². The van der Waals surface area contributed by atoms with E-state index in [9.17, 15) is 0 Å². The van der Waals surface area contributed by atoms with Crippen molar-refractivity contribution in [2.75, 3.05) is 6.26 Å². The summed E-state index contributed by atoms with van der Waals surface area (Å²) in [6, 6.07) is 16.4. The predicted octanol–water partition coefficient (Wildman–Crippen LogP) is 4.73. The number of halogens is 1. The van der Waals surface area contributed by atoms with Gasteiger partial charge in [0.2, 0.25) is 0 Å². The van der Waals surface area contributed by atoms with Gasteiger partial charge in [-0.3, -0.25) is 0 Å².